The molecule has 354 valence electrons. The summed E-state index contributed by atoms with van der Waals surface area (Å²) in [7, 11) is -3.79. The lowest BCUT2D eigenvalue weighted by Gasteiger charge is -2.09. The summed E-state index contributed by atoms with van der Waals surface area (Å²) in [5, 5.41) is 24.8. The van der Waals surface area contributed by atoms with Crippen molar-refractivity contribution in [2.75, 3.05) is 177 Å². The van der Waals surface area contributed by atoms with E-state index in [1.165, 1.54) is 24.3 Å². The number of hydrogen-bond donors (Lipinski definition) is 1. The summed E-state index contributed by atoms with van der Waals surface area (Å²) < 4.78 is 94.5. The van der Waals surface area contributed by atoms with Gasteiger partial charge >= 0.3 is 0 Å². The van der Waals surface area contributed by atoms with Gasteiger partial charge in [0.2, 0.25) is 0 Å². The van der Waals surface area contributed by atoms with Crippen LogP contribution in [0.15, 0.2) is 47.4 Å². The fourth-order valence-corrected chi connectivity index (χ4v) is 5.58. The lowest BCUT2D eigenvalue weighted by atomic mass is 10.2. The fourth-order valence-electron chi connectivity index (χ4n) is 4.69. The number of nitrogens with one attached hydrogen (secondary N) is 1. The molecule has 0 atom stereocenters. The van der Waals surface area contributed by atoms with E-state index in [-0.39, 0.29) is 48.3 Å². The van der Waals surface area contributed by atoms with Crippen molar-refractivity contribution in [2.24, 2.45) is 0 Å². The molecule has 0 fully saturated rings. The van der Waals surface area contributed by atoms with Gasteiger partial charge in [0, 0.05) is 12.6 Å². The molecule has 0 aliphatic carbocycles. The van der Waals surface area contributed by atoms with Crippen molar-refractivity contribution in [3.8, 4) is 0 Å². The van der Waals surface area contributed by atoms with Crippen LogP contribution in [0.2, 0.25) is 0 Å². The molecule has 0 radical (unpaired) electrons. The number of ether oxygens (including phenoxy) is 12. The zero-order valence-electron chi connectivity index (χ0n) is 35.5. The molecule has 2 rings (SSSR count). The summed E-state index contributed by atoms with van der Waals surface area (Å²) in [4.78, 5) is 20.7. The Morgan fingerprint density at radius 2 is 0.774 bits per heavy atom. The van der Waals surface area contributed by atoms with Gasteiger partial charge in [0.25, 0.3) is 21.5 Å². The number of nitro groups is 2. The van der Waals surface area contributed by atoms with E-state index < -0.39 is 20.0 Å². The van der Waals surface area contributed by atoms with Crippen molar-refractivity contribution < 1.29 is 79.3 Å². The van der Waals surface area contributed by atoms with Crippen molar-refractivity contribution in [2.45, 2.75) is 11.8 Å². The smallest absolute Gasteiger partial charge is 0.299 e. The molecule has 62 heavy (non-hydrogen) atoms. The van der Waals surface area contributed by atoms with E-state index in [0.29, 0.717) is 145 Å². The maximum Gasteiger partial charge on any atom is 0.299 e. The quantitative estimate of drug-likeness (QED) is 0.0434. The van der Waals surface area contributed by atoms with Gasteiger partial charge in [-0.25, -0.2) is 0 Å². The summed E-state index contributed by atoms with van der Waals surface area (Å²) in [5.74, 6) is 0. The summed E-state index contributed by atoms with van der Waals surface area (Å²) >= 11 is 0. The van der Waals surface area contributed by atoms with Gasteiger partial charge in [0.15, 0.2) is 0 Å². The van der Waals surface area contributed by atoms with Gasteiger partial charge in [-0.05, 0) is 25.1 Å². The first-order valence-electron chi connectivity index (χ1n) is 20.3. The Hall–Kier alpha value is -3.53. The maximum absolute atomic E-state index is 12.1. The predicted molar refractivity (Wildman–Crippen MR) is 222 cm³/mol. The van der Waals surface area contributed by atoms with Crippen LogP contribution in [-0.4, -0.2) is 190 Å². The molecule has 23 heteroatoms. The van der Waals surface area contributed by atoms with Crippen LogP contribution < -0.4 is 5.32 Å². The van der Waals surface area contributed by atoms with Crippen molar-refractivity contribution in [1.29, 1.82) is 0 Å². The molecule has 0 aliphatic rings. The van der Waals surface area contributed by atoms with E-state index >= 15 is 0 Å². The topological polar surface area (TPSA) is 252 Å². The van der Waals surface area contributed by atoms with E-state index in [0.717, 1.165) is 11.6 Å². The molecule has 0 spiro atoms. The Morgan fingerprint density at radius 1 is 0.452 bits per heavy atom. The lowest BCUT2D eigenvalue weighted by Crippen LogP contribution is -2.16. The van der Waals surface area contributed by atoms with Crippen molar-refractivity contribution in [3.63, 3.8) is 0 Å². The van der Waals surface area contributed by atoms with Crippen LogP contribution in [0, 0.1) is 27.2 Å². The molecule has 0 aliphatic heterocycles. The first-order chi connectivity index (χ1) is 30.2. The first kappa shape index (κ1) is 54.6. The number of aryl methyl sites for hydroxylation is 1. The molecular formula is C39H63N3O19S. The van der Waals surface area contributed by atoms with Gasteiger partial charge in [-0.15, -0.1) is 0 Å². The average Bonchev–Trinajstić information content (AvgIpc) is 3.25. The largest absolute Gasteiger partial charge is 0.377 e. The van der Waals surface area contributed by atoms with Crippen LogP contribution in [-0.2, 0) is 71.1 Å². The fraction of sp³-hybridized carbons (Fsp3) is 0.692. The minimum Gasteiger partial charge on any atom is -0.377 e. The van der Waals surface area contributed by atoms with Gasteiger partial charge < -0.3 is 62.2 Å². The van der Waals surface area contributed by atoms with E-state index in [2.05, 4.69) is 5.32 Å². The molecule has 22 nitrogen and oxygen atoms in total. The highest BCUT2D eigenvalue weighted by Gasteiger charge is 2.19. The van der Waals surface area contributed by atoms with Crippen LogP contribution >= 0.6 is 0 Å². The van der Waals surface area contributed by atoms with Crippen molar-refractivity contribution in [3.05, 3.63) is 68.3 Å². The van der Waals surface area contributed by atoms with Crippen LogP contribution in [0.4, 0.5) is 17.1 Å². The summed E-state index contributed by atoms with van der Waals surface area (Å²) in [6.07, 6.45) is 0. The minimum absolute atomic E-state index is 0.0736. The molecule has 0 saturated heterocycles. The highest BCUT2D eigenvalue weighted by atomic mass is 32.2. The van der Waals surface area contributed by atoms with E-state index in [1.54, 1.807) is 12.1 Å². The number of non-ortho nitro benzene ring substituents is 1. The van der Waals surface area contributed by atoms with Crippen LogP contribution in [0.1, 0.15) is 5.56 Å². The second-order valence-corrected chi connectivity index (χ2v) is 14.2. The third-order valence-corrected chi connectivity index (χ3v) is 9.15. The Bertz CT molecular complexity index is 1540. The monoisotopic (exact) mass is 909 g/mol. The Labute approximate surface area is 363 Å². The minimum atomic E-state index is -3.79. The molecular weight excluding hydrogens is 846 g/mol. The normalized spacial score (nSPS) is 11.6. The highest BCUT2D eigenvalue weighted by Crippen LogP contribution is 2.28. The molecule has 2 aromatic rings. The van der Waals surface area contributed by atoms with E-state index in [9.17, 15) is 28.6 Å². The van der Waals surface area contributed by atoms with Crippen LogP contribution in [0.3, 0.4) is 0 Å². The SMILES string of the molecule is Cc1ccc(S(=O)(=O)OCCOCCOCCOCCOCCOCCOCCOCCOCCOCCOCCOCCOCCNc2ccc([N+](=O)[O-])cc2[N+](=O)[O-])cc1. The maximum atomic E-state index is 12.1. The second-order valence-electron chi connectivity index (χ2n) is 12.6. The molecule has 0 heterocycles. The number of nitro benzene ring substituents is 2. The van der Waals surface area contributed by atoms with Crippen LogP contribution in [0.5, 0.6) is 0 Å². The third-order valence-electron chi connectivity index (χ3n) is 7.82. The molecule has 1 N–H and O–H groups in total. The summed E-state index contributed by atoms with van der Waals surface area (Å²) in [6.45, 7) is 11.6. The van der Waals surface area contributed by atoms with Gasteiger partial charge in [-0.1, -0.05) is 17.7 Å². The highest BCUT2D eigenvalue weighted by molar-refractivity contribution is 7.86. The van der Waals surface area contributed by atoms with E-state index in [1.807, 2.05) is 6.92 Å². The molecule has 0 aromatic heterocycles. The standard InChI is InChI=1S/C39H63N3O19S/c1-35-2-5-37(6-3-35)62(47,48)61-33-32-60-31-30-59-29-28-58-27-26-57-25-24-56-23-22-55-21-20-54-19-18-53-17-16-52-15-14-51-13-12-50-11-10-49-9-8-40-38-7-4-36(41(43)44)34-39(38)42(45)46/h2-7,34,40H,8-33H2,1H3. The summed E-state index contributed by atoms with van der Waals surface area (Å²) in [6, 6.07) is 9.86. The molecule has 0 amide bonds. The van der Waals surface area contributed by atoms with Gasteiger partial charge in [-0.3, -0.25) is 24.4 Å². The Kier molecular flexibility index (Phi) is 32.5. The number of hydrogen-bond acceptors (Lipinski definition) is 20. The van der Waals surface area contributed by atoms with Gasteiger partial charge in [0.05, 0.1) is 186 Å². The molecule has 2 aromatic carbocycles. The van der Waals surface area contributed by atoms with Crippen molar-refractivity contribution in [1.82, 2.24) is 0 Å². The van der Waals surface area contributed by atoms with Crippen LogP contribution in [0.25, 0.3) is 0 Å². The van der Waals surface area contributed by atoms with Gasteiger partial charge in [-0.2, -0.15) is 8.42 Å². The lowest BCUT2D eigenvalue weighted by molar-refractivity contribution is -0.393. The predicted octanol–water partition coefficient (Wildman–Crippen LogP) is 2.83. The average molecular weight is 910 g/mol. The number of nitrogens with zero attached hydrogens (tertiary/aromatic N) is 2. The molecule has 0 bridgehead atoms. The number of anilines is 1. The first-order valence-corrected chi connectivity index (χ1v) is 21.7. The van der Waals surface area contributed by atoms with Gasteiger partial charge in [0.1, 0.15) is 5.69 Å². The Morgan fingerprint density at radius 3 is 1.10 bits per heavy atom. The third kappa shape index (κ3) is 29.0. The van der Waals surface area contributed by atoms with E-state index in [4.69, 9.17) is 61.0 Å². The Balaban J connectivity index is 1.18. The number of benzene rings is 2. The summed E-state index contributed by atoms with van der Waals surface area (Å²) in [5.41, 5.74) is 0.418. The second kappa shape index (κ2) is 36.9. The van der Waals surface area contributed by atoms with Crippen molar-refractivity contribution >= 4 is 27.2 Å². The zero-order valence-corrected chi connectivity index (χ0v) is 36.3. The molecule has 0 saturated carbocycles. The number of rotatable bonds is 44. The zero-order chi connectivity index (χ0) is 44.8. The molecule has 0 unspecified atom stereocenters.